The summed E-state index contributed by atoms with van der Waals surface area (Å²) in [4.78, 5) is 14.2. The Kier molecular flexibility index (Phi) is 3.79. The maximum absolute atomic E-state index is 12.1. The molecule has 0 aliphatic rings. The first kappa shape index (κ1) is 12.8. The summed E-state index contributed by atoms with van der Waals surface area (Å²) >= 11 is 1.61. The first-order chi connectivity index (χ1) is 8.60. The SMILES string of the molecule is Cc1cc(C(=O)Nc2cccc(CO)c2)c(C)s1. The molecule has 1 aromatic heterocycles. The molecule has 2 N–H and O–H groups in total. The summed E-state index contributed by atoms with van der Waals surface area (Å²) in [6, 6.07) is 9.10. The highest BCUT2D eigenvalue weighted by Gasteiger charge is 2.12. The quantitative estimate of drug-likeness (QED) is 0.892. The van der Waals surface area contributed by atoms with Crippen molar-refractivity contribution in [1.82, 2.24) is 0 Å². The van der Waals surface area contributed by atoms with Gasteiger partial charge in [-0.15, -0.1) is 11.3 Å². The number of aliphatic hydroxyl groups is 1. The number of aliphatic hydroxyl groups excluding tert-OH is 1. The highest BCUT2D eigenvalue weighted by atomic mass is 32.1. The maximum atomic E-state index is 12.1. The fraction of sp³-hybridized carbons (Fsp3) is 0.214. The van der Waals surface area contributed by atoms with E-state index in [1.54, 1.807) is 17.4 Å². The molecule has 2 aromatic rings. The van der Waals surface area contributed by atoms with Gasteiger partial charge in [0.25, 0.3) is 5.91 Å². The third kappa shape index (κ3) is 2.78. The van der Waals surface area contributed by atoms with Crippen molar-refractivity contribution >= 4 is 22.9 Å². The van der Waals surface area contributed by atoms with E-state index in [0.29, 0.717) is 11.3 Å². The average Bonchev–Trinajstić information content (AvgIpc) is 2.69. The fourth-order valence-corrected chi connectivity index (χ4v) is 2.72. The first-order valence-corrected chi connectivity index (χ1v) is 6.50. The zero-order valence-electron chi connectivity index (χ0n) is 10.4. The van der Waals surface area contributed by atoms with Gasteiger partial charge < -0.3 is 10.4 Å². The number of carbonyl (C=O) groups excluding carboxylic acids is 1. The highest BCUT2D eigenvalue weighted by molar-refractivity contribution is 7.12. The van der Waals surface area contributed by atoms with Crippen LogP contribution in [0.15, 0.2) is 30.3 Å². The molecule has 1 amide bonds. The lowest BCUT2D eigenvalue weighted by Crippen LogP contribution is -2.12. The summed E-state index contributed by atoms with van der Waals surface area (Å²) in [5.74, 6) is -0.105. The number of benzene rings is 1. The average molecular weight is 261 g/mol. The zero-order valence-corrected chi connectivity index (χ0v) is 11.2. The molecule has 0 spiro atoms. The molecule has 0 unspecified atom stereocenters. The van der Waals surface area contributed by atoms with Crippen LogP contribution in [-0.4, -0.2) is 11.0 Å². The Balaban J connectivity index is 2.18. The number of carbonyl (C=O) groups is 1. The van der Waals surface area contributed by atoms with Crippen molar-refractivity contribution in [1.29, 1.82) is 0 Å². The van der Waals surface area contributed by atoms with E-state index in [2.05, 4.69) is 5.32 Å². The van der Waals surface area contributed by atoms with Crippen LogP contribution in [0.3, 0.4) is 0 Å². The van der Waals surface area contributed by atoms with E-state index < -0.39 is 0 Å². The molecule has 0 saturated carbocycles. The maximum Gasteiger partial charge on any atom is 0.256 e. The number of hydrogen-bond acceptors (Lipinski definition) is 3. The molecule has 1 heterocycles. The van der Waals surface area contributed by atoms with Gasteiger partial charge in [-0.2, -0.15) is 0 Å². The second kappa shape index (κ2) is 5.33. The molecule has 0 fully saturated rings. The second-order valence-corrected chi connectivity index (χ2v) is 5.60. The molecule has 0 atom stereocenters. The standard InChI is InChI=1S/C14H15NO2S/c1-9-6-13(10(2)18-9)14(17)15-12-5-3-4-11(7-12)8-16/h3-7,16H,8H2,1-2H3,(H,15,17). The largest absolute Gasteiger partial charge is 0.392 e. The Morgan fingerprint density at radius 3 is 2.72 bits per heavy atom. The third-order valence-corrected chi connectivity index (χ3v) is 3.62. The molecule has 3 nitrogen and oxygen atoms in total. The summed E-state index contributed by atoms with van der Waals surface area (Å²) in [6.07, 6.45) is 0. The highest BCUT2D eigenvalue weighted by Crippen LogP contribution is 2.22. The van der Waals surface area contributed by atoms with Crippen LogP contribution in [0.25, 0.3) is 0 Å². The molecule has 1 aromatic carbocycles. The molecule has 0 aliphatic heterocycles. The molecular formula is C14H15NO2S. The van der Waals surface area contributed by atoms with Crippen LogP contribution in [0.1, 0.15) is 25.7 Å². The predicted molar refractivity (Wildman–Crippen MR) is 74.1 cm³/mol. The zero-order chi connectivity index (χ0) is 13.1. The number of anilines is 1. The van der Waals surface area contributed by atoms with E-state index in [9.17, 15) is 4.79 Å². The molecular weight excluding hydrogens is 246 g/mol. The van der Waals surface area contributed by atoms with Crippen molar-refractivity contribution in [3.05, 3.63) is 51.2 Å². The smallest absolute Gasteiger partial charge is 0.256 e. The van der Waals surface area contributed by atoms with Gasteiger partial charge >= 0.3 is 0 Å². The minimum Gasteiger partial charge on any atom is -0.392 e. The van der Waals surface area contributed by atoms with Crippen molar-refractivity contribution in [3.63, 3.8) is 0 Å². The lowest BCUT2D eigenvalue weighted by atomic mass is 10.2. The molecule has 94 valence electrons. The Bertz CT molecular complexity index is 575. The number of hydrogen-bond donors (Lipinski definition) is 2. The van der Waals surface area contributed by atoms with E-state index in [0.717, 1.165) is 15.3 Å². The van der Waals surface area contributed by atoms with Crippen LogP contribution in [-0.2, 0) is 6.61 Å². The van der Waals surface area contributed by atoms with Gasteiger partial charge in [-0.05, 0) is 37.6 Å². The number of nitrogens with one attached hydrogen (secondary N) is 1. The van der Waals surface area contributed by atoms with Crippen LogP contribution >= 0.6 is 11.3 Å². The van der Waals surface area contributed by atoms with Gasteiger partial charge in [-0.25, -0.2) is 0 Å². The van der Waals surface area contributed by atoms with Gasteiger partial charge in [0.15, 0.2) is 0 Å². The van der Waals surface area contributed by atoms with Gasteiger partial charge in [-0.1, -0.05) is 12.1 Å². The van der Waals surface area contributed by atoms with E-state index in [4.69, 9.17) is 5.11 Å². The number of amides is 1. The monoisotopic (exact) mass is 261 g/mol. The summed E-state index contributed by atoms with van der Waals surface area (Å²) in [5.41, 5.74) is 2.20. The first-order valence-electron chi connectivity index (χ1n) is 5.68. The Morgan fingerprint density at radius 2 is 2.11 bits per heavy atom. The van der Waals surface area contributed by atoms with Crippen LogP contribution in [0.5, 0.6) is 0 Å². The number of rotatable bonds is 3. The van der Waals surface area contributed by atoms with Crippen LogP contribution in [0, 0.1) is 13.8 Å². The summed E-state index contributed by atoms with van der Waals surface area (Å²) < 4.78 is 0. The van der Waals surface area contributed by atoms with Crippen molar-refractivity contribution in [3.8, 4) is 0 Å². The van der Waals surface area contributed by atoms with Gasteiger partial charge in [0.1, 0.15) is 0 Å². The van der Waals surface area contributed by atoms with E-state index in [-0.39, 0.29) is 12.5 Å². The Morgan fingerprint density at radius 1 is 1.33 bits per heavy atom. The molecule has 18 heavy (non-hydrogen) atoms. The second-order valence-electron chi connectivity index (χ2n) is 4.14. The molecule has 0 bridgehead atoms. The molecule has 0 aliphatic carbocycles. The Labute approximate surface area is 110 Å². The normalized spacial score (nSPS) is 10.4. The van der Waals surface area contributed by atoms with E-state index in [1.165, 1.54) is 0 Å². The topological polar surface area (TPSA) is 49.3 Å². The van der Waals surface area contributed by atoms with Gasteiger partial charge in [-0.3, -0.25) is 4.79 Å². The van der Waals surface area contributed by atoms with Crippen molar-refractivity contribution in [2.75, 3.05) is 5.32 Å². The van der Waals surface area contributed by atoms with Crippen LogP contribution in [0.4, 0.5) is 5.69 Å². The van der Waals surface area contributed by atoms with Crippen molar-refractivity contribution < 1.29 is 9.90 Å². The number of aryl methyl sites for hydroxylation is 2. The molecule has 2 rings (SSSR count). The van der Waals surface area contributed by atoms with Crippen molar-refractivity contribution in [2.24, 2.45) is 0 Å². The lowest BCUT2D eigenvalue weighted by molar-refractivity contribution is 0.102. The van der Waals surface area contributed by atoms with Gasteiger partial charge in [0.05, 0.1) is 12.2 Å². The summed E-state index contributed by atoms with van der Waals surface area (Å²) in [5, 5.41) is 11.9. The minimum absolute atomic E-state index is 0.0275. The molecule has 0 radical (unpaired) electrons. The molecule has 0 saturated heterocycles. The number of thiophene rings is 1. The van der Waals surface area contributed by atoms with Gasteiger partial charge in [0.2, 0.25) is 0 Å². The summed E-state index contributed by atoms with van der Waals surface area (Å²) in [6.45, 7) is 3.90. The van der Waals surface area contributed by atoms with Gasteiger partial charge in [0, 0.05) is 15.4 Å². The van der Waals surface area contributed by atoms with Crippen molar-refractivity contribution in [2.45, 2.75) is 20.5 Å². The molecule has 4 heteroatoms. The van der Waals surface area contributed by atoms with Crippen LogP contribution in [0.2, 0.25) is 0 Å². The predicted octanol–water partition coefficient (Wildman–Crippen LogP) is 3.11. The fourth-order valence-electron chi connectivity index (χ4n) is 1.80. The van der Waals surface area contributed by atoms with E-state index >= 15 is 0 Å². The third-order valence-electron chi connectivity index (χ3n) is 2.65. The summed E-state index contributed by atoms with van der Waals surface area (Å²) in [7, 11) is 0. The lowest BCUT2D eigenvalue weighted by Gasteiger charge is -2.06. The Hall–Kier alpha value is -1.65. The van der Waals surface area contributed by atoms with Crippen LogP contribution < -0.4 is 5.32 Å². The minimum atomic E-state index is -0.105. The van der Waals surface area contributed by atoms with E-state index in [1.807, 2.05) is 38.1 Å².